The minimum absolute atomic E-state index is 0.108. The Balaban J connectivity index is 1.28. The van der Waals surface area contributed by atoms with Crippen LogP contribution >= 0.6 is 0 Å². The highest BCUT2D eigenvalue weighted by atomic mass is 19.1. The number of halogens is 2. The van der Waals surface area contributed by atoms with E-state index in [0.29, 0.717) is 23.5 Å². The number of urea groups is 1. The number of hydrogen-bond acceptors (Lipinski definition) is 3. The van der Waals surface area contributed by atoms with Crippen molar-refractivity contribution in [3.63, 3.8) is 0 Å². The zero-order valence-electron chi connectivity index (χ0n) is 16.4. The fourth-order valence-corrected chi connectivity index (χ4v) is 4.84. The highest BCUT2D eigenvalue weighted by Crippen LogP contribution is 2.40. The highest BCUT2D eigenvalue weighted by Gasteiger charge is 2.38. The summed E-state index contributed by atoms with van der Waals surface area (Å²) in [5.41, 5.74) is 1.85. The first-order chi connectivity index (χ1) is 14.6. The minimum Gasteiger partial charge on any atom is -0.363 e. The van der Waals surface area contributed by atoms with Crippen molar-refractivity contribution < 1.29 is 13.6 Å². The Bertz CT molecular complexity index is 1080. The molecule has 2 saturated heterocycles. The minimum atomic E-state index is -0.506. The molecule has 3 N–H and O–H groups in total. The number of amides is 2. The van der Waals surface area contributed by atoms with Crippen LogP contribution in [0.4, 0.5) is 25.0 Å². The van der Waals surface area contributed by atoms with Crippen LogP contribution in [0.3, 0.4) is 0 Å². The maximum Gasteiger partial charge on any atom is 0.319 e. The molecule has 8 heteroatoms. The van der Waals surface area contributed by atoms with Crippen LogP contribution in [0.25, 0.3) is 10.9 Å². The number of benzene rings is 2. The van der Waals surface area contributed by atoms with Crippen LogP contribution < -0.4 is 15.5 Å². The summed E-state index contributed by atoms with van der Waals surface area (Å²) in [7, 11) is 0. The molecule has 2 fully saturated rings. The number of anilines is 2. The molecule has 2 atom stereocenters. The van der Waals surface area contributed by atoms with Crippen molar-refractivity contribution in [2.75, 3.05) is 10.2 Å². The summed E-state index contributed by atoms with van der Waals surface area (Å²) >= 11 is 0. The van der Waals surface area contributed by atoms with Crippen LogP contribution in [-0.4, -0.2) is 28.3 Å². The number of aromatic nitrogens is 2. The largest absolute Gasteiger partial charge is 0.363 e. The van der Waals surface area contributed by atoms with Crippen molar-refractivity contribution in [3.8, 4) is 0 Å². The first-order valence-electron chi connectivity index (χ1n) is 10.3. The lowest BCUT2D eigenvalue weighted by molar-refractivity contribution is 0.251. The highest BCUT2D eigenvalue weighted by molar-refractivity contribution is 6.00. The van der Waals surface area contributed by atoms with Gasteiger partial charge in [-0.3, -0.25) is 5.10 Å². The SMILES string of the molecule is O=C(NCc1cc(F)c(N2C3CCCC2CC3)cc1F)Nc1cccc2[nH]ncc12. The van der Waals surface area contributed by atoms with Gasteiger partial charge in [0.1, 0.15) is 11.6 Å². The lowest BCUT2D eigenvalue weighted by Crippen LogP contribution is -2.40. The summed E-state index contributed by atoms with van der Waals surface area (Å²) in [5.74, 6) is -0.941. The normalized spacial score (nSPS) is 20.5. The molecule has 3 heterocycles. The number of fused-ring (bicyclic) bond motifs is 3. The third kappa shape index (κ3) is 3.36. The van der Waals surface area contributed by atoms with Crippen LogP contribution in [0.5, 0.6) is 0 Å². The molecule has 5 rings (SSSR count). The van der Waals surface area contributed by atoms with E-state index in [1.54, 1.807) is 18.3 Å². The smallest absolute Gasteiger partial charge is 0.319 e. The van der Waals surface area contributed by atoms with Gasteiger partial charge in [-0.1, -0.05) is 6.07 Å². The van der Waals surface area contributed by atoms with E-state index in [0.717, 1.165) is 43.0 Å². The fraction of sp³-hybridized carbons (Fsp3) is 0.364. The molecule has 6 nitrogen and oxygen atoms in total. The maximum atomic E-state index is 14.9. The first-order valence-corrected chi connectivity index (χ1v) is 10.3. The molecular weight excluding hydrogens is 388 g/mol. The first kappa shape index (κ1) is 18.8. The third-order valence-corrected chi connectivity index (χ3v) is 6.26. The summed E-state index contributed by atoms with van der Waals surface area (Å²) in [6.07, 6.45) is 6.91. The van der Waals surface area contributed by atoms with E-state index in [2.05, 4.69) is 25.7 Å². The van der Waals surface area contributed by atoms with Gasteiger partial charge in [-0.05, 0) is 50.3 Å². The molecule has 2 unspecified atom stereocenters. The zero-order valence-corrected chi connectivity index (χ0v) is 16.4. The third-order valence-electron chi connectivity index (χ3n) is 6.26. The van der Waals surface area contributed by atoms with Gasteiger partial charge in [0.15, 0.2) is 0 Å². The van der Waals surface area contributed by atoms with Crippen molar-refractivity contribution in [3.05, 3.63) is 53.7 Å². The van der Waals surface area contributed by atoms with Gasteiger partial charge in [0.05, 0.1) is 23.1 Å². The molecule has 0 spiro atoms. The molecule has 2 bridgehead atoms. The fourth-order valence-electron chi connectivity index (χ4n) is 4.84. The Labute approximate surface area is 172 Å². The summed E-state index contributed by atoms with van der Waals surface area (Å²) in [6, 6.07) is 7.98. The molecule has 2 aromatic carbocycles. The van der Waals surface area contributed by atoms with Crippen LogP contribution in [-0.2, 0) is 6.54 Å². The molecule has 1 aromatic heterocycles. The average molecular weight is 411 g/mol. The lowest BCUT2D eigenvalue weighted by atomic mass is 10.0. The van der Waals surface area contributed by atoms with E-state index in [4.69, 9.17) is 0 Å². The van der Waals surface area contributed by atoms with Crippen molar-refractivity contribution in [1.29, 1.82) is 0 Å². The predicted molar refractivity (Wildman–Crippen MR) is 111 cm³/mol. The van der Waals surface area contributed by atoms with Gasteiger partial charge in [-0.25, -0.2) is 13.6 Å². The average Bonchev–Trinajstić information content (AvgIpc) is 3.31. The Morgan fingerprint density at radius 3 is 2.73 bits per heavy atom. The van der Waals surface area contributed by atoms with Gasteiger partial charge in [0.2, 0.25) is 0 Å². The van der Waals surface area contributed by atoms with Gasteiger partial charge in [0, 0.05) is 35.6 Å². The van der Waals surface area contributed by atoms with Gasteiger partial charge in [0.25, 0.3) is 0 Å². The number of rotatable bonds is 4. The predicted octanol–water partition coefficient (Wildman–Crippen LogP) is 4.68. The molecule has 3 aromatic rings. The van der Waals surface area contributed by atoms with Crippen molar-refractivity contribution >= 4 is 28.3 Å². The number of piperidine rings is 1. The summed E-state index contributed by atoms with van der Waals surface area (Å²) < 4.78 is 29.6. The van der Waals surface area contributed by atoms with E-state index in [-0.39, 0.29) is 12.1 Å². The van der Waals surface area contributed by atoms with Gasteiger partial charge < -0.3 is 15.5 Å². The Kier molecular flexibility index (Phi) is 4.77. The van der Waals surface area contributed by atoms with Crippen LogP contribution in [0.15, 0.2) is 36.5 Å². The lowest BCUT2D eigenvalue weighted by Gasteiger charge is -2.37. The van der Waals surface area contributed by atoms with E-state index in [1.165, 1.54) is 12.1 Å². The summed E-state index contributed by atoms with van der Waals surface area (Å²) in [4.78, 5) is 14.3. The molecule has 2 aliphatic heterocycles. The summed E-state index contributed by atoms with van der Waals surface area (Å²) in [5, 5.41) is 12.9. The van der Waals surface area contributed by atoms with Crippen molar-refractivity contribution in [1.82, 2.24) is 15.5 Å². The van der Waals surface area contributed by atoms with Crippen molar-refractivity contribution in [2.24, 2.45) is 0 Å². The topological polar surface area (TPSA) is 73.1 Å². The second-order valence-corrected chi connectivity index (χ2v) is 8.06. The molecule has 2 amide bonds. The van der Waals surface area contributed by atoms with E-state index >= 15 is 0 Å². The quantitative estimate of drug-likeness (QED) is 0.583. The molecule has 30 heavy (non-hydrogen) atoms. The number of H-pyrrole nitrogens is 1. The van der Waals surface area contributed by atoms with Crippen molar-refractivity contribution in [2.45, 2.75) is 50.7 Å². The second-order valence-electron chi connectivity index (χ2n) is 8.06. The number of hydrogen-bond donors (Lipinski definition) is 3. The standard InChI is InChI=1S/C22H23F2N5O/c23-17-10-21(29-14-3-1-4-15(29)8-7-14)18(24)9-13(17)11-25-22(30)27-19-5-2-6-20-16(19)12-26-28-20/h2,5-6,9-10,12,14-15H,1,3-4,7-8,11H2,(H,26,28)(H2,25,27,30). The van der Waals surface area contributed by atoms with Crippen LogP contribution in [0.2, 0.25) is 0 Å². The molecule has 156 valence electrons. The van der Waals surface area contributed by atoms with Crippen LogP contribution in [0.1, 0.15) is 37.7 Å². The Morgan fingerprint density at radius 1 is 1.13 bits per heavy atom. The molecular formula is C22H23F2N5O. The molecule has 2 aliphatic rings. The monoisotopic (exact) mass is 411 g/mol. The molecule has 0 radical (unpaired) electrons. The number of nitrogens with zero attached hydrogens (tertiary/aromatic N) is 2. The Morgan fingerprint density at radius 2 is 1.93 bits per heavy atom. The second kappa shape index (κ2) is 7.59. The molecule has 0 saturated carbocycles. The van der Waals surface area contributed by atoms with Gasteiger partial charge in [-0.2, -0.15) is 5.10 Å². The Hall–Kier alpha value is -3.16. The van der Waals surface area contributed by atoms with E-state index in [9.17, 15) is 13.6 Å². The maximum absolute atomic E-state index is 14.9. The van der Waals surface area contributed by atoms with Gasteiger partial charge >= 0.3 is 6.03 Å². The molecule has 0 aliphatic carbocycles. The van der Waals surface area contributed by atoms with E-state index < -0.39 is 17.7 Å². The summed E-state index contributed by atoms with van der Waals surface area (Å²) in [6.45, 7) is -0.108. The number of carbonyl (C=O) groups excluding carboxylic acids is 1. The van der Waals surface area contributed by atoms with Gasteiger partial charge in [-0.15, -0.1) is 0 Å². The number of aromatic amines is 1. The number of nitrogens with one attached hydrogen (secondary N) is 3. The van der Waals surface area contributed by atoms with E-state index in [1.807, 2.05) is 6.07 Å². The number of carbonyl (C=O) groups is 1. The zero-order chi connectivity index (χ0) is 20.7. The van der Waals surface area contributed by atoms with Crippen LogP contribution in [0, 0.1) is 11.6 Å².